The first kappa shape index (κ1) is 16.5. The Labute approximate surface area is 130 Å². The van der Waals surface area contributed by atoms with Gasteiger partial charge < -0.3 is 10.0 Å². The van der Waals surface area contributed by atoms with E-state index in [1.165, 1.54) is 24.8 Å². The van der Waals surface area contributed by atoms with E-state index in [2.05, 4.69) is 56.9 Å². The Kier molecular flexibility index (Phi) is 5.45. The number of β-amino-alcohol motifs (C(OH)–C–C–N with tert-alkyl or cyclic N) is 1. The lowest BCUT2D eigenvalue weighted by atomic mass is 9.78. The van der Waals surface area contributed by atoms with Gasteiger partial charge in [0.25, 0.3) is 0 Å². The highest BCUT2D eigenvalue weighted by Crippen LogP contribution is 2.34. The average Bonchev–Trinajstić information content (AvgIpc) is 2.50. The fraction of sp³-hybridized carbons (Fsp3) is 0.684. The van der Waals surface area contributed by atoms with Crippen LogP contribution in [0.1, 0.15) is 70.1 Å². The van der Waals surface area contributed by atoms with E-state index in [1.54, 1.807) is 0 Å². The Hall–Kier alpha value is -0.860. The predicted octanol–water partition coefficient (Wildman–Crippen LogP) is 4.36. The lowest BCUT2D eigenvalue weighted by molar-refractivity contribution is 0.0626. The maximum absolute atomic E-state index is 10.4. The molecule has 21 heavy (non-hydrogen) atoms. The zero-order chi connectivity index (χ0) is 15.5. The summed E-state index contributed by atoms with van der Waals surface area (Å²) in [6, 6.07) is 8.46. The highest BCUT2D eigenvalue weighted by molar-refractivity contribution is 5.26. The summed E-state index contributed by atoms with van der Waals surface area (Å²) in [5, 5.41) is 10.4. The van der Waals surface area contributed by atoms with Crippen molar-refractivity contribution in [2.24, 2.45) is 5.41 Å². The molecule has 0 radical (unpaired) electrons. The van der Waals surface area contributed by atoms with Crippen molar-refractivity contribution in [1.82, 2.24) is 4.90 Å². The Bertz CT molecular complexity index is 429. The lowest BCUT2D eigenvalue weighted by Crippen LogP contribution is -2.40. The third-order valence-electron chi connectivity index (χ3n) is 5.34. The molecule has 1 heterocycles. The molecule has 1 aromatic carbocycles. The van der Waals surface area contributed by atoms with Gasteiger partial charge in [-0.15, -0.1) is 0 Å². The molecule has 0 aromatic heterocycles. The summed E-state index contributed by atoms with van der Waals surface area (Å²) in [6.45, 7) is 12.1. The molecule has 1 atom stereocenters. The normalized spacial score (nSPS) is 20.7. The number of aliphatic hydroxyl groups excluding tert-OH is 1. The van der Waals surface area contributed by atoms with Crippen LogP contribution in [-0.4, -0.2) is 29.6 Å². The molecule has 0 amide bonds. The fourth-order valence-corrected chi connectivity index (χ4v) is 3.08. The van der Waals surface area contributed by atoms with E-state index in [1.807, 2.05) is 0 Å². The Balaban J connectivity index is 1.88. The molecule has 0 saturated carbocycles. The number of piperidine rings is 1. The number of nitrogens with zero attached hydrogens (tertiary/aromatic N) is 1. The van der Waals surface area contributed by atoms with Crippen LogP contribution in [0.2, 0.25) is 0 Å². The summed E-state index contributed by atoms with van der Waals surface area (Å²) in [4.78, 5) is 2.42. The minimum atomic E-state index is -0.364. The van der Waals surface area contributed by atoms with Crippen LogP contribution in [0.25, 0.3) is 0 Å². The molecule has 1 unspecified atom stereocenters. The summed E-state index contributed by atoms with van der Waals surface area (Å²) in [6.07, 6.45) is 3.41. The van der Waals surface area contributed by atoms with Crippen LogP contribution < -0.4 is 0 Å². The summed E-state index contributed by atoms with van der Waals surface area (Å²) in [7, 11) is 0. The highest BCUT2D eigenvalue weighted by atomic mass is 16.3. The number of hydrogen-bond donors (Lipinski definition) is 1. The lowest BCUT2D eigenvalue weighted by Gasteiger charge is -2.39. The molecular weight excluding hydrogens is 258 g/mol. The predicted molar refractivity (Wildman–Crippen MR) is 89.6 cm³/mol. The van der Waals surface area contributed by atoms with E-state index in [9.17, 15) is 5.11 Å². The van der Waals surface area contributed by atoms with Crippen LogP contribution in [0.15, 0.2) is 24.3 Å². The second-order valence-corrected chi connectivity index (χ2v) is 7.30. The molecule has 2 nitrogen and oxygen atoms in total. The monoisotopic (exact) mass is 289 g/mol. The first-order chi connectivity index (χ1) is 9.93. The van der Waals surface area contributed by atoms with Gasteiger partial charge in [0.05, 0.1) is 6.10 Å². The number of likely N-dealkylation sites (tertiary alicyclic amines) is 1. The quantitative estimate of drug-likeness (QED) is 0.871. The van der Waals surface area contributed by atoms with Gasteiger partial charge in [-0.1, -0.05) is 58.4 Å². The molecule has 1 fully saturated rings. The Morgan fingerprint density at radius 1 is 1.10 bits per heavy atom. The van der Waals surface area contributed by atoms with Gasteiger partial charge >= 0.3 is 0 Å². The second kappa shape index (κ2) is 6.93. The van der Waals surface area contributed by atoms with Crippen LogP contribution in [0.3, 0.4) is 0 Å². The minimum absolute atomic E-state index is 0.364. The van der Waals surface area contributed by atoms with Gasteiger partial charge in [0.2, 0.25) is 0 Å². The zero-order valence-corrected chi connectivity index (χ0v) is 14.1. The first-order valence-corrected chi connectivity index (χ1v) is 8.44. The molecule has 118 valence electrons. The smallest absolute Gasteiger partial charge is 0.0916 e. The summed E-state index contributed by atoms with van der Waals surface area (Å²) < 4.78 is 0. The van der Waals surface area contributed by atoms with Gasteiger partial charge in [-0.3, -0.25) is 0 Å². The van der Waals surface area contributed by atoms with Crippen molar-refractivity contribution in [2.75, 3.05) is 19.6 Å². The van der Waals surface area contributed by atoms with E-state index in [0.29, 0.717) is 11.3 Å². The highest BCUT2D eigenvalue weighted by Gasteiger charge is 2.29. The zero-order valence-electron chi connectivity index (χ0n) is 14.1. The van der Waals surface area contributed by atoms with Crippen LogP contribution in [0, 0.1) is 5.41 Å². The summed E-state index contributed by atoms with van der Waals surface area (Å²) in [5.74, 6) is 0.546. The maximum Gasteiger partial charge on any atom is 0.0916 e. The van der Waals surface area contributed by atoms with Gasteiger partial charge in [-0.2, -0.15) is 0 Å². The molecule has 0 spiro atoms. The second-order valence-electron chi connectivity index (χ2n) is 7.30. The van der Waals surface area contributed by atoms with Crippen molar-refractivity contribution >= 4 is 0 Å². The van der Waals surface area contributed by atoms with E-state index in [-0.39, 0.29) is 6.10 Å². The van der Waals surface area contributed by atoms with Gasteiger partial charge in [-0.05, 0) is 48.4 Å². The molecule has 1 aliphatic heterocycles. The van der Waals surface area contributed by atoms with Crippen LogP contribution >= 0.6 is 0 Å². The van der Waals surface area contributed by atoms with Crippen molar-refractivity contribution in [3.8, 4) is 0 Å². The molecule has 2 heteroatoms. The minimum Gasteiger partial charge on any atom is -0.387 e. The van der Waals surface area contributed by atoms with E-state index in [0.717, 1.165) is 25.2 Å². The number of benzene rings is 1. The summed E-state index contributed by atoms with van der Waals surface area (Å²) in [5.41, 5.74) is 2.89. The number of aliphatic hydroxyl groups is 1. The third-order valence-corrected chi connectivity index (χ3v) is 5.34. The maximum atomic E-state index is 10.4. The molecule has 0 aliphatic carbocycles. The van der Waals surface area contributed by atoms with Crippen LogP contribution in [0.4, 0.5) is 0 Å². The van der Waals surface area contributed by atoms with E-state index < -0.39 is 0 Å². The topological polar surface area (TPSA) is 23.5 Å². The molecular formula is C19H31NO. The molecule has 1 aromatic rings. The van der Waals surface area contributed by atoms with Crippen molar-refractivity contribution in [1.29, 1.82) is 0 Å². The van der Waals surface area contributed by atoms with Crippen molar-refractivity contribution in [3.63, 3.8) is 0 Å². The van der Waals surface area contributed by atoms with Gasteiger partial charge in [0, 0.05) is 6.54 Å². The first-order valence-electron chi connectivity index (χ1n) is 8.44. The number of rotatable bonds is 5. The third kappa shape index (κ3) is 4.31. The number of hydrogen-bond acceptors (Lipinski definition) is 2. The SMILES string of the molecule is CCC1(C)CCN(CC(O)c2ccc(C(C)C)cc2)CC1. The molecule has 1 N–H and O–H groups in total. The standard InChI is InChI=1S/C19H31NO/c1-5-19(4)10-12-20(13-11-19)14-18(21)17-8-6-16(7-9-17)15(2)3/h6-9,15,18,21H,5,10-14H2,1-4H3. The molecule has 0 bridgehead atoms. The van der Waals surface area contributed by atoms with Crippen LogP contribution in [-0.2, 0) is 0 Å². The van der Waals surface area contributed by atoms with Gasteiger partial charge in [0.1, 0.15) is 0 Å². The molecule has 1 aliphatic rings. The van der Waals surface area contributed by atoms with Crippen LogP contribution in [0.5, 0.6) is 0 Å². The van der Waals surface area contributed by atoms with Crippen molar-refractivity contribution in [3.05, 3.63) is 35.4 Å². The Morgan fingerprint density at radius 2 is 1.62 bits per heavy atom. The van der Waals surface area contributed by atoms with E-state index >= 15 is 0 Å². The molecule has 2 rings (SSSR count). The van der Waals surface area contributed by atoms with Crippen molar-refractivity contribution in [2.45, 2.75) is 59.0 Å². The molecule has 1 saturated heterocycles. The largest absolute Gasteiger partial charge is 0.387 e. The van der Waals surface area contributed by atoms with Gasteiger partial charge in [0.15, 0.2) is 0 Å². The van der Waals surface area contributed by atoms with E-state index in [4.69, 9.17) is 0 Å². The van der Waals surface area contributed by atoms with Crippen molar-refractivity contribution < 1.29 is 5.11 Å². The summed E-state index contributed by atoms with van der Waals surface area (Å²) >= 11 is 0. The fourth-order valence-electron chi connectivity index (χ4n) is 3.08. The van der Waals surface area contributed by atoms with Gasteiger partial charge in [-0.25, -0.2) is 0 Å². The Morgan fingerprint density at radius 3 is 2.10 bits per heavy atom. The average molecular weight is 289 g/mol.